The number of piperidine rings is 1. The minimum atomic E-state index is -0.232. The molecule has 2 saturated heterocycles. The van der Waals surface area contributed by atoms with Gasteiger partial charge in [0.2, 0.25) is 17.7 Å². The predicted octanol–water partition coefficient (Wildman–Crippen LogP) is 2.50. The molecule has 30 heavy (non-hydrogen) atoms. The van der Waals surface area contributed by atoms with E-state index in [9.17, 15) is 9.18 Å². The Morgan fingerprint density at radius 3 is 2.50 bits per heavy atom. The van der Waals surface area contributed by atoms with Crippen LogP contribution in [0.3, 0.4) is 0 Å². The molecule has 7 nitrogen and oxygen atoms in total. The summed E-state index contributed by atoms with van der Waals surface area (Å²) in [5.74, 6) is 1.10. The fourth-order valence-electron chi connectivity index (χ4n) is 4.23. The number of methoxy groups -OCH3 is 1. The number of benzene rings is 1. The summed E-state index contributed by atoms with van der Waals surface area (Å²) >= 11 is 0. The Labute approximate surface area is 176 Å². The molecular formula is C22H28FN5O2. The van der Waals surface area contributed by atoms with Crippen LogP contribution in [0.1, 0.15) is 18.5 Å². The van der Waals surface area contributed by atoms with Crippen molar-refractivity contribution in [1.82, 2.24) is 14.9 Å². The van der Waals surface area contributed by atoms with Gasteiger partial charge in [0, 0.05) is 56.7 Å². The van der Waals surface area contributed by atoms with Crippen molar-refractivity contribution in [3.8, 4) is 5.88 Å². The van der Waals surface area contributed by atoms with Crippen LogP contribution in [-0.4, -0.2) is 67.2 Å². The van der Waals surface area contributed by atoms with Gasteiger partial charge in [-0.15, -0.1) is 0 Å². The maximum Gasteiger partial charge on any atom is 0.228 e. The van der Waals surface area contributed by atoms with E-state index in [1.54, 1.807) is 25.3 Å². The van der Waals surface area contributed by atoms with E-state index < -0.39 is 0 Å². The second-order valence-corrected chi connectivity index (χ2v) is 7.93. The highest BCUT2D eigenvalue weighted by molar-refractivity contribution is 5.80. The third-order valence-electron chi connectivity index (χ3n) is 5.86. The molecule has 2 aliphatic rings. The number of aromatic nitrogens is 2. The van der Waals surface area contributed by atoms with Gasteiger partial charge in [0.15, 0.2) is 0 Å². The summed E-state index contributed by atoms with van der Waals surface area (Å²) in [7, 11) is 1.60. The molecule has 2 aromatic rings. The number of carbonyl (C=O) groups excluding carboxylic acids is 1. The molecule has 3 heterocycles. The Morgan fingerprint density at radius 2 is 1.80 bits per heavy atom. The zero-order valence-electron chi connectivity index (χ0n) is 17.6. The van der Waals surface area contributed by atoms with Gasteiger partial charge in [0.05, 0.1) is 13.0 Å². The minimum absolute atomic E-state index is 0.0498. The molecule has 0 radical (unpaired) electrons. The van der Waals surface area contributed by atoms with E-state index >= 15 is 0 Å². The van der Waals surface area contributed by atoms with Crippen molar-refractivity contribution in [2.75, 3.05) is 56.2 Å². The number of rotatable bonds is 4. The zero-order chi connectivity index (χ0) is 21.1. The number of anilines is 2. The van der Waals surface area contributed by atoms with E-state index in [0.29, 0.717) is 31.5 Å². The number of ether oxygens (including phenoxy) is 1. The molecular weight excluding hydrogens is 385 g/mol. The molecule has 0 N–H and O–H groups in total. The number of carbonyl (C=O) groups is 1. The van der Waals surface area contributed by atoms with Crippen LogP contribution in [0.15, 0.2) is 30.3 Å². The first-order chi connectivity index (χ1) is 14.5. The Balaban J connectivity index is 1.37. The maximum atomic E-state index is 13.2. The van der Waals surface area contributed by atoms with E-state index in [2.05, 4.69) is 19.8 Å². The Kier molecular flexibility index (Phi) is 6.01. The molecule has 1 atom stereocenters. The molecule has 0 bridgehead atoms. The second kappa shape index (κ2) is 8.85. The SMILES string of the molecule is COc1cc(C)nc(N2CCC[C@@H](C(=O)N3CCN(c4ccc(F)cc4)CC3)C2)n1. The highest BCUT2D eigenvalue weighted by Crippen LogP contribution is 2.25. The summed E-state index contributed by atoms with van der Waals surface area (Å²) in [4.78, 5) is 28.4. The number of halogens is 1. The van der Waals surface area contributed by atoms with Gasteiger partial charge in [-0.3, -0.25) is 4.79 Å². The molecule has 0 saturated carbocycles. The first-order valence-corrected chi connectivity index (χ1v) is 10.5. The lowest BCUT2D eigenvalue weighted by Gasteiger charge is -2.39. The van der Waals surface area contributed by atoms with E-state index in [4.69, 9.17) is 4.74 Å². The Hall–Kier alpha value is -2.90. The van der Waals surface area contributed by atoms with Gasteiger partial charge >= 0.3 is 0 Å². The summed E-state index contributed by atoms with van der Waals surface area (Å²) in [6, 6.07) is 8.35. The van der Waals surface area contributed by atoms with Crippen molar-refractivity contribution in [2.45, 2.75) is 19.8 Å². The lowest BCUT2D eigenvalue weighted by molar-refractivity contribution is -0.136. The fourth-order valence-corrected chi connectivity index (χ4v) is 4.23. The normalized spacial score (nSPS) is 19.7. The lowest BCUT2D eigenvalue weighted by Crippen LogP contribution is -2.52. The summed E-state index contributed by atoms with van der Waals surface area (Å²) in [6.45, 7) is 6.26. The molecule has 1 amide bonds. The summed E-state index contributed by atoms with van der Waals surface area (Å²) in [5, 5.41) is 0. The smallest absolute Gasteiger partial charge is 0.228 e. The van der Waals surface area contributed by atoms with Crippen LogP contribution in [0.25, 0.3) is 0 Å². The van der Waals surface area contributed by atoms with Crippen molar-refractivity contribution >= 4 is 17.5 Å². The number of nitrogens with zero attached hydrogens (tertiary/aromatic N) is 5. The van der Waals surface area contributed by atoms with Crippen LogP contribution >= 0.6 is 0 Å². The molecule has 0 spiro atoms. The van der Waals surface area contributed by atoms with E-state index in [1.807, 2.05) is 11.8 Å². The third kappa shape index (κ3) is 4.47. The monoisotopic (exact) mass is 413 g/mol. The van der Waals surface area contributed by atoms with Crippen molar-refractivity contribution < 1.29 is 13.9 Å². The highest BCUT2D eigenvalue weighted by Gasteiger charge is 2.32. The molecule has 4 rings (SSSR count). The molecule has 8 heteroatoms. The van der Waals surface area contributed by atoms with Gasteiger partial charge in [0.25, 0.3) is 0 Å². The highest BCUT2D eigenvalue weighted by atomic mass is 19.1. The molecule has 160 valence electrons. The average Bonchev–Trinajstić information content (AvgIpc) is 2.79. The quantitative estimate of drug-likeness (QED) is 0.768. The van der Waals surface area contributed by atoms with Crippen molar-refractivity contribution in [2.24, 2.45) is 5.92 Å². The number of hydrogen-bond acceptors (Lipinski definition) is 6. The molecule has 2 aliphatic heterocycles. The minimum Gasteiger partial charge on any atom is -0.481 e. The average molecular weight is 413 g/mol. The summed E-state index contributed by atoms with van der Waals surface area (Å²) in [5.41, 5.74) is 1.85. The summed E-state index contributed by atoms with van der Waals surface area (Å²) < 4.78 is 18.4. The molecule has 0 unspecified atom stereocenters. The summed E-state index contributed by atoms with van der Waals surface area (Å²) in [6.07, 6.45) is 1.82. The second-order valence-electron chi connectivity index (χ2n) is 7.93. The standard InChI is InChI=1S/C22H28FN5O2/c1-16-14-20(30-2)25-22(24-16)28-9-3-4-17(15-28)21(29)27-12-10-26(11-13-27)19-7-5-18(23)6-8-19/h5-8,14,17H,3-4,9-13,15H2,1-2H3/t17-/m1/s1. The van der Waals surface area contributed by atoms with Crippen molar-refractivity contribution in [1.29, 1.82) is 0 Å². The first-order valence-electron chi connectivity index (χ1n) is 10.5. The van der Waals surface area contributed by atoms with Crippen LogP contribution in [0.2, 0.25) is 0 Å². The topological polar surface area (TPSA) is 61.8 Å². The predicted molar refractivity (Wildman–Crippen MR) is 113 cm³/mol. The van der Waals surface area contributed by atoms with Crippen LogP contribution < -0.4 is 14.5 Å². The van der Waals surface area contributed by atoms with Gasteiger partial charge in [-0.1, -0.05) is 0 Å². The largest absolute Gasteiger partial charge is 0.481 e. The van der Waals surface area contributed by atoms with Crippen LogP contribution in [0.4, 0.5) is 16.0 Å². The van der Waals surface area contributed by atoms with Gasteiger partial charge in [-0.25, -0.2) is 9.37 Å². The van der Waals surface area contributed by atoms with Gasteiger partial charge in [-0.05, 0) is 44.0 Å². The van der Waals surface area contributed by atoms with E-state index in [1.165, 1.54) is 12.1 Å². The number of aryl methyl sites for hydroxylation is 1. The maximum absolute atomic E-state index is 13.2. The molecule has 1 aromatic heterocycles. The number of hydrogen-bond donors (Lipinski definition) is 0. The Morgan fingerprint density at radius 1 is 1.07 bits per heavy atom. The van der Waals surface area contributed by atoms with Crippen molar-refractivity contribution in [3.05, 3.63) is 41.8 Å². The lowest BCUT2D eigenvalue weighted by atomic mass is 9.96. The molecule has 2 fully saturated rings. The van der Waals surface area contributed by atoms with E-state index in [0.717, 1.165) is 43.9 Å². The number of amides is 1. The van der Waals surface area contributed by atoms with Crippen LogP contribution in [-0.2, 0) is 4.79 Å². The molecule has 0 aliphatic carbocycles. The van der Waals surface area contributed by atoms with Gasteiger partial charge < -0.3 is 19.4 Å². The van der Waals surface area contributed by atoms with Gasteiger partial charge in [-0.2, -0.15) is 4.98 Å². The van der Waals surface area contributed by atoms with Crippen LogP contribution in [0.5, 0.6) is 5.88 Å². The Bertz CT molecular complexity index is 884. The third-order valence-corrected chi connectivity index (χ3v) is 5.86. The zero-order valence-corrected chi connectivity index (χ0v) is 17.6. The first kappa shape index (κ1) is 20.4. The number of piperazine rings is 1. The van der Waals surface area contributed by atoms with Crippen molar-refractivity contribution in [3.63, 3.8) is 0 Å². The van der Waals surface area contributed by atoms with E-state index in [-0.39, 0.29) is 17.6 Å². The fraction of sp³-hybridized carbons (Fsp3) is 0.500. The van der Waals surface area contributed by atoms with Crippen LogP contribution in [0, 0.1) is 18.7 Å². The van der Waals surface area contributed by atoms with Gasteiger partial charge in [0.1, 0.15) is 5.82 Å². The molecule has 1 aromatic carbocycles.